The molecule has 0 radical (unpaired) electrons. The van der Waals surface area contributed by atoms with Crippen LogP contribution in [0.4, 0.5) is 0 Å². The summed E-state index contributed by atoms with van der Waals surface area (Å²) in [5.41, 5.74) is 2.21. The Kier molecular flexibility index (Phi) is 5.11. The lowest BCUT2D eigenvalue weighted by Crippen LogP contribution is -2.13. The Bertz CT molecular complexity index is 1240. The number of hydrogen-bond donors (Lipinski definition) is 2. The van der Waals surface area contributed by atoms with Gasteiger partial charge in [-0.1, -0.05) is 25.9 Å². The fourth-order valence-corrected chi connectivity index (χ4v) is 3.11. The molecule has 0 saturated carbocycles. The maximum atomic E-state index is 11.0. The van der Waals surface area contributed by atoms with Crippen molar-refractivity contribution in [3.63, 3.8) is 0 Å². The van der Waals surface area contributed by atoms with Crippen LogP contribution in [0.2, 0.25) is 0 Å². The van der Waals surface area contributed by atoms with Crippen LogP contribution in [0, 0.1) is 0 Å². The molecule has 4 rings (SSSR count). The average Bonchev–Trinajstić information content (AvgIpc) is 3.36. The van der Waals surface area contributed by atoms with Gasteiger partial charge >= 0.3 is 5.97 Å². The summed E-state index contributed by atoms with van der Waals surface area (Å²) in [5.74, 6) is -0.0341. The number of rotatable bonds is 6. The Labute approximate surface area is 176 Å². The molecule has 2 N–H and O–H groups in total. The quantitative estimate of drug-likeness (QED) is 0.472. The molecule has 31 heavy (non-hydrogen) atoms. The number of pyridine rings is 1. The summed E-state index contributed by atoms with van der Waals surface area (Å²) in [5, 5.41) is 35.0. The minimum Gasteiger partial charge on any atom is -0.478 e. The third-order valence-electron chi connectivity index (χ3n) is 4.54. The fourth-order valence-electron chi connectivity index (χ4n) is 3.11. The zero-order valence-electron chi connectivity index (χ0n) is 17.1. The molecule has 0 fully saturated rings. The van der Waals surface area contributed by atoms with Crippen molar-refractivity contribution in [2.45, 2.75) is 39.4 Å². The van der Waals surface area contributed by atoms with E-state index in [0.29, 0.717) is 34.4 Å². The second-order valence-electron chi connectivity index (χ2n) is 7.86. The highest BCUT2D eigenvalue weighted by Crippen LogP contribution is 2.36. The predicted octanol–water partition coefficient (Wildman–Crippen LogP) is 2.24. The Balaban J connectivity index is 1.73. The minimum absolute atomic E-state index is 0.0989. The van der Waals surface area contributed by atoms with Crippen LogP contribution >= 0.6 is 0 Å². The van der Waals surface area contributed by atoms with Gasteiger partial charge in [-0.2, -0.15) is 5.10 Å². The van der Waals surface area contributed by atoms with Crippen molar-refractivity contribution < 1.29 is 24.3 Å². The SMILES string of the molecule is CC(C)(C)c1c(OCc2ccc(C(=O)O)cn2)nn2c(-c3cc(CO)on3)nncc12. The number of aromatic carboxylic acids is 1. The Morgan fingerprint density at radius 3 is 2.68 bits per heavy atom. The second kappa shape index (κ2) is 7.76. The molecule has 0 bridgehead atoms. The van der Waals surface area contributed by atoms with Gasteiger partial charge in [-0.05, 0) is 17.5 Å². The smallest absolute Gasteiger partial charge is 0.337 e. The average molecular weight is 424 g/mol. The van der Waals surface area contributed by atoms with Crippen molar-refractivity contribution in [3.8, 4) is 17.4 Å². The van der Waals surface area contributed by atoms with Crippen LogP contribution in [0.5, 0.6) is 5.88 Å². The zero-order valence-corrected chi connectivity index (χ0v) is 17.1. The predicted molar refractivity (Wildman–Crippen MR) is 106 cm³/mol. The minimum atomic E-state index is -1.04. The van der Waals surface area contributed by atoms with Gasteiger partial charge in [0, 0.05) is 17.8 Å². The number of aliphatic hydroxyl groups excluding tert-OH is 1. The van der Waals surface area contributed by atoms with Crippen molar-refractivity contribution in [3.05, 3.63) is 53.2 Å². The number of carboxylic acid groups (broad SMARTS) is 1. The molecule has 0 saturated heterocycles. The van der Waals surface area contributed by atoms with E-state index in [1.54, 1.807) is 22.8 Å². The van der Waals surface area contributed by atoms with Gasteiger partial charge in [0.05, 0.1) is 23.0 Å². The van der Waals surface area contributed by atoms with Gasteiger partial charge < -0.3 is 19.5 Å². The molecule has 11 nitrogen and oxygen atoms in total. The number of ether oxygens (including phenoxy) is 1. The van der Waals surface area contributed by atoms with E-state index in [4.69, 9.17) is 14.4 Å². The molecule has 4 aromatic rings. The molecular formula is C20H20N6O5. The molecule has 0 aliphatic carbocycles. The summed E-state index contributed by atoms with van der Waals surface area (Å²) in [6.45, 7) is 5.89. The van der Waals surface area contributed by atoms with Gasteiger partial charge in [-0.15, -0.1) is 10.2 Å². The van der Waals surface area contributed by atoms with Crippen molar-refractivity contribution in [1.82, 2.24) is 30.0 Å². The lowest BCUT2D eigenvalue weighted by atomic mass is 9.88. The second-order valence-corrected chi connectivity index (χ2v) is 7.86. The largest absolute Gasteiger partial charge is 0.478 e. The van der Waals surface area contributed by atoms with Gasteiger partial charge in [-0.25, -0.2) is 9.31 Å². The van der Waals surface area contributed by atoms with Gasteiger partial charge in [0.1, 0.15) is 13.2 Å². The molecule has 0 unspecified atom stereocenters. The Hall–Kier alpha value is -3.86. The molecule has 11 heteroatoms. The lowest BCUT2D eigenvalue weighted by molar-refractivity contribution is 0.0696. The highest BCUT2D eigenvalue weighted by Gasteiger charge is 2.28. The van der Waals surface area contributed by atoms with Gasteiger partial charge in [-0.3, -0.25) is 4.98 Å². The third kappa shape index (κ3) is 3.94. The van der Waals surface area contributed by atoms with Crippen LogP contribution < -0.4 is 4.74 Å². The first-order chi connectivity index (χ1) is 14.8. The molecule has 0 aliphatic heterocycles. The number of carboxylic acids is 1. The fraction of sp³-hybridized carbons (Fsp3) is 0.300. The van der Waals surface area contributed by atoms with E-state index in [-0.39, 0.29) is 24.2 Å². The van der Waals surface area contributed by atoms with Gasteiger partial charge in [0.25, 0.3) is 0 Å². The maximum absolute atomic E-state index is 11.0. The van der Waals surface area contributed by atoms with E-state index in [1.165, 1.54) is 12.3 Å². The molecule has 4 heterocycles. The van der Waals surface area contributed by atoms with Crippen molar-refractivity contribution >= 4 is 11.5 Å². The zero-order chi connectivity index (χ0) is 22.2. The lowest BCUT2D eigenvalue weighted by Gasteiger charge is -2.18. The van der Waals surface area contributed by atoms with E-state index in [1.807, 2.05) is 20.8 Å². The first kappa shape index (κ1) is 20.4. The first-order valence-corrected chi connectivity index (χ1v) is 9.40. The van der Waals surface area contributed by atoms with Crippen LogP contribution in [-0.4, -0.2) is 46.1 Å². The summed E-state index contributed by atoms with van der Waals surface area (Å²) in [4.78, 5) is 15.1. The number of nitrogens with zero attached hydrogens (tertiary/aromatic N) is 6. The van der Waals surface area contributed by atoms with Crippen LogP contribution in [-0.2, 0) is 18.6 Å². The number of fused-ring (bicyclic) bond motifs is 1. The summed E-state index contributed by atoms with van der Waals surface area (Å²) in [6, 6.07) is 4.63. The number of aliphatic hydroxyl groups is 1. The highest BCUT2D eigenvalue weighted by atomic mass is 16.5. The van der Waals surface area contributed by atoms with Crippen LogP contribution in [0.3, 0.4) is 0 Å². The molecule has 0 atom stereocenters. The summed E-state index contributed by atoms with van der Waals surface area (Å²) in [7, 11) is 0. The van der Waals surface area contributed by atoms with Crippen molar-refractivity contribution in [2.24, 2.45) is 0 Å². The number of carbonyl (C=O) groups is 1. The van der Waals surface area contributed by atoms with E-state index in [2.05, 4.69) is 25.4 Å². The van der Waals surface area contributed by atoms with E-state index in [9.17, 15) is 9.90 Å². The molecule has 0 amide bonds. The third-order valence-corrected chi connectivity index (χ3v) is 4.54. The summed E-state index contributed by atoms with van der Waals surface area (Å²) >= 11 is 0. The van der Waals surface area contributed by atoms with Crippen LogP contribution in [0.15, 0.2) is 35.1 Å². The summed E-state index contributed by atoms with van der Waals surface area (Å²) < 4.78 is 12.6. The highest BCUT2D eigenvalue weighted by molar-refractivity contribution is 5.87. The first-order valence-electron chi connectivity index (χ1n) is 9.40. The maximum Gasteiger partial charge on any atom is 0.337 e. The molecule has 0 aromatic carbocycles. The topological polar surface area (TPSA) is 149 Å². The Morgan fingerprint density at radius 2 is 2.06 bits per heavy atom. The van der Waals surface area contributed by atoms with Gasteiger partial charge in [0.15, 0.2) is 11.5 Å². The normalized spacial score (nSPS) is 11.7. The number of aromatic nitrogens is 6. The summed E-state index contributed by atoms with van der Waals surface area (Å²) in [6.07, 6.45) is 2.88. The van der Waals surface area contributed by atoms with Gasteiger partial charge in [0.2, 0.25) is 11.7 Å². The monoisotopic (exact) mass is 424 g/mol. The van der Waals surface area contributed by atoms with Crippen molar-refractivity contribution in [1.29, 1.82) is 0 Å². The van der Waals surface area contributed by atoms with Crippen LogP contribution in [0.25, 0.3) is 17.0 Å². The van der Waals surface area contributed by atoms with E-state index >= 15 is 0 Å². The molecule has 4 aromatic heterocycles. The molecule has 0 aliphatic rings. The molecular weight excluding hydrogens is 404 g/mol. The van der Waals surface area contributed by atoms with E-state index < -0.39 is 5.97 Å². The molecule has 0 spiro atoms. The van der Waals surface area contributed by atoms with Crippen molar-refractivity contribution in [2.75, 3.05) is 0 Å². The number of hydrogen-bond acceptors (Lipinski definition) is 9. The van der Waals surface area contributed by atoms with E-state index in [0.717, 1.165) is 5.56 Å². The molecule has 160 valence electrons. The Morgan fingerprint density at radius 1 is 1.26 bits per heavy atom. The van der Waals surface area contributed by atoms with Crippen LogP contribution in [0.1, 0.15) is 48.1 Å². The standard InChI is InChI=1S/C20H20N6O5/c1-20(2,3)16-15-8-22-23-17(14-6-13(9-27)31-25-14)26(15)24-18(16)30-10-12-5-4-11(7-21-12)19(28)29/h4-8,27H,9-10H2,1-3H3,(H,28,29).